The second-order valence-corrected chi connectivity index (χ2v) is 3.41. The predicted octanol–water partition coefficient (Wildman–Crippen LogP) is 4.30. The maximum absolute atomic E-state index is 13.0. The van der Waals surface area contributed by atoms with Crippen LogP contribution in [0.5, 0.6) is 0 Å². The standard InChI is InChI=1S/C10H7BrF4/c11-5-1-2-7-3-4-8(9(12)6-7)10(13,14)15/h1,3-6H,2H2/b5-1+. The van der Waals surface area contributed by atoms with E-state index in [0.717, 1.165) is 12.1 Å². The molecule has 0 saturated heterocycles. The molecule has 0 amide bonds. The molecule has 0 nitrogen and oxygen atoms in total. The van der Waals surface area contributed by atoms with E-state index in [2.05, 4.69) is 15.9 Å². The molecule has 0 aromatic heterocycles. The van der Waals surface area contributed by atoms with Crippen LogP contribution >= 0.6 is 15.9 Å². The largest absolute Gasteiger partial charge is 0.419 e. The van der Waals surface area contributed by atoms with Crippen molar-refractivity contribution in [2.24, 2.45) is 0 Å². The zero-order valence-corrected chi connectivity index (χ0v) is 9.07. The van der Waals surface area contributed by atoms with Crippen LogP contribution < -0.4 is 0 Å². The SMILES string of the molecule is Fc1cc(C/C=C/Br)ccc1C(F)(F)F. The van der Waals surface area contributed by atoms with E-state index < -0.39 is 17.6 Å². The normalized spacial score (nSPS) is 12.3. The zero-order valence-electron chi connectivity index (χ0n) is 7.48. The molecule has 0 atom stereocenters. The molecule has 82 valence electrons. The maximum atomic E-state index is 13.0. The van der Waals surface area contributed by atoms with Crippen molar-refractivity contribution in [3.63, 3.8) is 0 Å². The molecule has 0 unspecified atom stereocenters. The summed E-state index contributed by atoms with van der Waals surface area (Å²) in [6, 6.07) is 2.92. The second kappa shape index (κ2) is 4.79. The van der Waals surface area contributed by atoms with Crippen LogP contribution in [-0.4, -0.2) is 0 Å². The maximum Gasteiger partial charge on any atom is 0.419 e. The lowest BCUT2D eigenvalue weighted by Crippen LogP contribution is -2.08. The molecule has 0 aliphatic carbocycles. The number of alkyl halides is 3. The molecule has 1 aromatic carbocycles. The highest BCUT2D eigenvalue weighted by atomic mass is 79.9. The van der Waals surface area contributed by atoms with Crippen LogP contribution in [0.25, 0.3) is 0 Å². The van der Waals surface area contributed by atoms with Crippen LogP contribution in [0, 0.1) is 5.82 Å². The molecule has 0 heterocycles. The van der Waals surface area contributed by atoms with Gasteiger partial charge in [0.2, 0.25) is 0 Å². The molecule has 0 saturated carbocycles. The highest BCUT2D eigenvalue weighted by Crippen LogP contribution is 2.31. The zero-order chi connectivity index (χ0) is 11.5. The average molecular weight is 283 g/mol. The topological polar surface area (TPSA) is 0 Å². The van der Waals surface area contributed by atoms with E-state index in [0.29, 0.717) is 12.0 Å². The van der Waals surface area contributed by atoms with Crippen LogP contribution in [0.3, 0.4) is 0 Å². The summed E-state index contributed by atoms with van der Waals surface area (Å²) in [4.78, 5) is 1.57. The first-order valence-electron chi connectivity index (χ1n) is 4.06. The Hall–Kier alpha value is -0.840. The summed E-state index contributed by atoms with van der Waals surface area (Å²) in [7, 11) is 0. The third-order valence-corrected chi connectivity index (χ3v) is 2.16. The van der Waals surface area contributed by atoms with Crippen LogP contribution in [0.15, 0.2) is 29.3 Å². The molecule has 0 spiro atoms. The van der Waals surface area contributed by atoms with Gasteiger partial charge >= 0.3 is 6.18 Å². The summed E-state index contributed by atoms with van der Waals surface area (Å²) in [6.07, 6.45) is -2.57. The van der Waals surface area contributed by atoms with Crippen LogP contribution in [0.1, 0.15) is 11.1 Å². The Bertz CT molecular complexity index is 368. The summed E-state index contributed by atoms with van der Waals surface area (Å²) in [6.45, 7) is 0. The molecule has 0 bridgehead atoms. The summed E-state index contributed by atoms with van der Waals surface area (Å²) >= 11 is 3.02. The fourth-order valence-corrected chi connectivity index (χ4v) is 1.28. The number of hydrogen-bond acceptors (Lipinski definition) is 0. The Morgan fingerprint density at radius 2 is 1.93 bits per heavy atom. The molecule has 0 radical (unpaired) electrons. The summed E-state index contributed by atoms with van der Waals surface area (Å²) < 4.78 is 49.5. The molecule has 15 heavy (non-hydrogen) atoms. The Kier molecular flexibility index (Phi) is 3.90. The van der Waals surface area contributed by atoms with Gasteiger partial charge in [0.1, 0.15) is 5.82 Å². The Morgan fingerprint density at radius 1 is 1.27 bits per heavy atom. The Morgan fingerprint density at radius 3 is 2.40 bits per heavy atom. The van der Waals surface area contributed by atoms with Crippen molar-refractivity contribution in [1.29, 1.82) is 0 Å². The molecular weight excluding hydrogens is 276 g/mol. The summed E-state index contributed by atoms with van der Waals surface area (Å²) in [5.41, 5.74) is -0.731. The van der Waals surface area contributed by atoms with E-state index in [4.69, 9.17) is 0 Å². The van der Waals surface area contributed by atoms with E-state index in [1.54, 1.807) is 11.1 Å². The lowest BCUT2D eigenvalue weighted by atomic mass is 10.1. The Balaban J connectivity index is 2.98. The fourth-order valence-electron chi connectivity index (χ4n) is 1.10. The molecule has 1 aromatic rings. The second-order valence-electron chi connectivity index (χ2n) is 2.88. The van der Waals surface area contributed by atoms with Crippen molar-refractivity contribution in [2.45, 2.75) is 12.6 Å². The summed E-state index contributed by atoms with van der Waals surface area (Å²) in [5.74, 6) is -1.23. The highest BCUT2D eigenvalue weighted by Gasteiger charge is 2.33. The van der Waals surface area contributed by atoms with Crippen molar-refractivity contribution < 1.29 is 17.6 Å². The van der Waals surface area contributed by atoms with Crippen LogP contribution in [0.4, 0.5) is 17.6 Å². The van der Waals surface area contributed by atoms with Crippen molar-refractivity contribution in [2.75, 3.05) is 0 Å². The van der Waals surface area contributed by atoms with Crippen molar-refractivity contribution in [3.8, 4) is 0 Å². The molecule has 0 fully saturated rings. The van der Waals surface area contributed by atoms with Crippen molar-refractivity contribution in [3.05, 3.63) is 46.2 Å². The predicted molar refractivity (Wildman–Crippen MR) is 53.2 cm³/mol. The smallest absolute Gasteiger partial charge is 0.206 e. The number of allylic oxidation sites excluding steroid dienone is 1. The minimum absolute atomic E-state index is 0.389. The van der Waals surface area contributed by atoms with Gasteiger partial charge in [-0.25, -0.2) is 4.39 Å². The van der Waals surface area contributed by atoms with Gasteiger partial charge in [-0.05, 0) is 29.1 Å². The van der Waals surface area contributed by atoms with Gasteiger partial charge in [0.05, 0.1) is 5.56 Å². The van der Waals surface area contributed by atoms with E-state index in [-0.39, 0.29) is 0 Å². The quantitative estimate of drug-likeness (QED) is 0.710. The van der Waals surface area contributed by atoms with Gasteiger partial charge in [0, 0.05) is 0 Å². The Labute approximate surface area is 92.7 Å². The van der Waals surface area contributed by atoms with E-state index in [1.807, 2.05) is 0 Å². The number of rotatable bonds is 2. The molecule has 0 aliphatic heterocycles. The van der Waals surface area contributed by atoms with Gasteiger partial charge in [0.15, 0.2) is 0 Å². The van der Waals surface area contributed by atoms with E-state index in [9.17, 15) is 17.6 Å². The first kappa shape index (κ1) is 12.2. The minimum atomic E-state index is -4.63. The van der Waals surface area contributed by atoms with Gasteiger partial charge in [-0.1, -0.05) is 28.1 Å². The lowest BCUT2D eigenvalue weighted by molar-refractivity contribution is -0.140. The van der Waals surface area contributed by atoms with Crippen LogP contribution in [0.2, 0.25) is 0 Å². The lowest BCUT2D eigenvalue weighted by Gasteiger charge is -2.08. The summed E-state index contributed by atoms with van der Waals surface area (Å²) in [5, 5.41) is 0. The molecule has 5 heteroatoms. The molecular formula is C10H7BrF4. The third kappa shape index (κ3) is 3.34. The van der Waals surface area contributed by atoms with E-state index in [1.165, 1.54) is 6.07 Å². The van der Waals surface area contributed by atoms with Crippen molar-refractivity contribution >= 4 is 15.9 Å². The highest BCUT2D eigenvalue weighted by molar-refractivity contribution is 9.11. The number of halogens is 5. The molecule has 0 aliphatic rings. The monoisotopic (exact) mass is 282 g/mol. The molecule has 0 N–H and O–H groups in total. The number of hydrogen-bond donors (Lipinski definition) is 0. The number of benzene rings is 1. The first-order chi connectivity index (χ1) is 6.95. The van der Waals surface area contributed by atoms with Gasteiger partial charge in [-0.2, -0.15) is 13.2 Å². The minimum Gasteiger partial charge on any atom is -0.206 e. The van der Waals surface area contributed by atoms with Gasteiger partial charge in [-0.3, -0.25) is 0 Å². The van der Waals surface area contributed by atoms with Gasteiger partial charge in [-0.15, -0.1) is 0 Å². The van der Waals surface area contributed by atoms with Crippen molar-refractivity contribution in [1.82, 2.24) is 0 Å². The average Bonchev–Trinajstić information content (AvgIpc) is 2.12. The van der Waals surface area contributed by atoms with Crippen LogP contribution in [-0.2, 0) is 12.6 Å². The van der Waals surface area contributed by atoms with Gasteiger partial charge in [0.25, 0.3) is 0 Å². The fraction of sp³-hybridized carbons (Fsp3) is 0.200. The third-order valence-electron chi connectivity index (χ3n) is 1.78. The van der Waals surface area contributed by atoms with E-state index >= 15 is 0 Å². The molecule has 1 rings (SSSR count). The van der Waals surface area contributed by atoms with Gasteiger partial charge < -0.3 is 0 Å². The first-order valence-corrected chi connectivity index (χ1v) is 4.97.